The molecule has 0 radical (unpaired) electrons. The minimum Gasteiger partial charge on any atom is -0.444 e. The number of hydrogen-bond donors (Lipinski definition) is 2. The van der Waals surface area contributed by atoms with Gasteiger partial charge in [0, 0.05) is 37.9 Å². The van der Waals surface area contributed by atoms with Gasteiger partial charge in [-0.2, -0.15) is 0 Å². The van der Waals surface area contributed by atoms with Crippen LogP contribution in [-0.4, -0.2) is 72.6 Å². The van der Waals surface area contributed by atoms with Gasteiger partial charge in [0.1, 0.15) is 5.60 Å². The van der Waals surface area contributed by atoms with Gasteiger partial charge in [-0.25, -0.2) is 13.6 Å². The zero-order chi connectivity index (χ0) is 21.6. The van der Waals surface area contributed by atoms with Crippen molar-refractivity contribution in [1.82, 2.24) is 15.1 Å². The molecule has 0 unspecified atom stereocenters. The average Bonchev–Trinajstić information content (AvgIpc) is 2.62. The Bertz CT molecular complexity index is 759. The first-order valence-electron chi connectivity index (χ1n) is 9.25. The van der Waals surface area contributed by atoms with Crippen molar-refractivity contribution in [3.05, 3.63) is 29.8 Å². The first-order chi connectivity index (χ1) is 13.5. The third kappa shape index (κ3) is 7.65. The highest BCUT2D eigenvalue weighted by molar-refractivity contribution is 5.94. The van der Waals surface area contributed by atoms with E-state index in [0.717, 1.165) is 12.1 Å². The number of halogens is 2. The second kappa shape index (κ2) is 9.64. The van der Waals surface area contributed by atoms with Gasteiger partial charge in [0.05, 0.1) is 13.1 Å². The van der Waals surface area contributed by atoms with Crippen LogP contribution in [0.4, 0.5) is 19.3 Å². The van der Waals surface area contributed by atoms with E-state index in [-0.39, 0.29) is 30.8 Å². The number of ether oxygens (including phenoxy) is 1. The molecule has 10 heteroatoms. The zero-order valence-electron chi connectivity index (χ0n) is 16.8. The average molecular weight is 412 g/mol. The van der Waals surface area contributed by atoms with E-state index in [1.807, 2.05) is 4.90 Å². The molecule has 0 saturated carbocycles. The molecular formula is C19H26F2N4O4. The lowest BCUT2D eigenvalue weighted by molar-refractivity contribution is -0.125. The third-order valence-corrected chi connectivity index (χ3v) is 4.04. The number of rotatable bonds is 5. The molecule has 1 aliphatic rings. The van der Waals surface area contributed by atoms with Crippen LogP contribution >= 0.6 is 0 Å². The number of hydrogen-bond acceptors (Lipinski definition) is 5. The molecule has 0 atom stereocenters. The molecule has 2 N–H and O–H groups in total. The van der Waals surface area contributed by atoms with Gasteiger partial charge in [-0.3, -0.25) is 14.5 Å². The van der Waals surface area contributed by atoms with Gasteiger partial charge < -0.3 is 20.3 Å². The number of piperazine rings is 1. The lowest BCUT2D eigenvalue weighted by atomic mass is 10.2. The summed E-state index contributed by atoms with van der Waals surface area (Å²) in [6.07, 6.45) is -0.379. The number of benzene rings is 1. The minimum absolute atomic E-state index is 0.0839. The summed E-state index contributed by atoms with van der Waals surface area (Å²) < 4.78 is 31.3. The molecule has 1 saturated heterocycles. The molecule has 1 aliphatic heterocycles. The maximum Gasteiger partial charge on any atom is 0.410 e. The largest absolute Gasteiger partial charge is 0.444 e. The van der Waals surface area contributed by atoms with E-state index in [4.69, 9.17) is 4.74 Å². The molecule has 8 nitrogen and oxygen atoms in total. The third-order valence-electron chi connectivity index (χ3n) is 4.04. The summed E-state index contributed by atoms with van der Waals surface area (Å²) in [7, 11) is 0. The highest BCUT2D eigenvalue weighted by Gasteiger charge is 2.26. The molecule has 1 aromatic carbocycles. The molecule has 160 valence electrons. The zero-order valence-corrected chi connectivity index (χ0v) is 16.8. The van der Waals surface area contributed by atoms with E-state index < -0.39 is 23.1 Å². The van der Waals surface area contributed by atoms with Crippen molar-refractivity contribution in [3.63, 3.8) is 0 Å². The van der Waals surface area contributed by atoms with Gasteiger partial charge >= 0.3 is 6.09 Å². The van der Waals surface area contributed by atoms with Gasteiger partial charge in [-0.15, -0.1) is 0 Å². The molecule has 2 rings (SSSR count). The Morgan fingerprint density at radius 2 is 1.69 bits per heavy atom. The number of nitrogens with zero attached hydrogens (tertiary/aromatic N) is 2. The summed E-state index contributed by atoms with van der Waals surface area (Å²) in [6.45, 7) is 7.09. The fourth-order valence-corrected chi connectivity index (χ4v) is 2.63. The number of carbonyl (C=O) groups is 3. The summed E-state index contributed by atoms with van der Waals surface area (Å²) >= 11 is 0. The van der Waals surface area contributed by atoms with Crippen molar-refractivity contribution in [2.45, 2.75) is 26.4 Å². The van der Waals surface area contributed by atoms with Crippen LogP contribution in [0.15, 0.2) is 18.2 Å². The Morgan fingerprint density at radius 1 is 1.03 bits per heavy atom. The predicted octanol–water partition coefficient (Wildman–Crippen LogP) is 1.57. The smallest absolute Gasteiger partial charge is 0.410 e. The van der Waals surface area contributed by atoms with Crippen molar-refractivity contribution in [2.24, 2.45) is 0 Å². The first-order valence-corrected chi connectivity index (χ1v) is 9.25. The highest BCUT2D eigenvalue weighted by Crippen LogP contribution is 2.13. The fourth-order valence-electron chi connectivity index (χ4n) is 2.63. The lowest BCUT2D eigenvalue weighted by Gasteiger charge is -2.35. The van der Waals surface area contributed by atoms with Crippen molar-refractivity contribution < 1.29 is 27.9 Å². The Balaban J connectivity index is 1.68. The fraction of sp³-hybridized carbons (Fsp3) is 0.526. The van der Waals surface area contributed by atoms with Crippen LogP contribution in [0.25, 0.3) is 0 Å². The molecule has 1 aromatic rings. The summed E-state index contributed by atoms with van der Waals surface area (Å²) in [5, 5.41) is 4.85. The molecule has 1 heterocycles. The van der Waals surface area contributed by atoms with Gasteiger partial charge in [-0.1, -0.05) is 0 Å². The van der Waals surface area contributed by atoms with Crippen LogP contribution < -0.4 is 10.6 Å². The SMILES string of the molecule is CC(C)(C)OC(=O)N1CCN(CC(=O)NCC(=O)Nc2ccc(F)c(F)c2)CC1. The van der Waals surface area contributed by atoms with Crippen LogP contribution in [0.3, 0.4) is 0 Å². The van der Waals surface area contributed by atoms with Gasteiger partial charge in [-0.05, 0) is 32.9 Å². The normalized spacial score (nSPS) is 15.0. The predicted molar refractivity (Wildman–Crippen MR) is 102 cm³/mol. The summed E-state index contributed by atoms with van der Waals surface area (Å²) in [5.74, 6) is -2.99. The molecule has 29 heavy (non-hydrogen) atoms. The number of carbonyl (C=O) groups excluding carboxylic acids is 3. The van der Waals surface area contributed by atoms with Gasteiger partial charge in [0.25, 0.3) is 0 Å². The second-order valence-corrected chi connectivity index (χ2v) is 7.70. The maximum atomic E-state index is 13.1. The van der Waals surface area contributed by atoms with E-state index in [2.05, 4.69) is 10.6 Å². The molecule has 1 fully saturated rings. The number of amides is 3. The summed E-state index contributed by atoms with van der Waals surface area (Å²) in [4.78, 5) is 39.3. The van der Waals surface area contributed by atoms with E-state index in [0.29, 0.717) is 26.2 Å². The summed E-state index contributed by atoms with van der Waals surface area (Å²) in [6, 6.07) is 2.99. The van der Waals surface area contributed by atoms with Crippen LogP contribution in [-0.2, 0) is 14.3 Å². The Labute approximate surface area is 168 Å². The standard InChI is InChI=1S/C19H26F2N4O4/c1-19(2,3)29-18(28)25-8-6-24(7-9-25)12-17(27)22-11-16(26)23-13-4-5-14(20)15(21)10-13/h4-5,10H,6-9,11-12H2,1-3H3,(H,22,27)(H,23,26). The molecular weight excluding hydrogens is 386 g/mol. The Morgan fingerprint density at radius 3 is 2.28 bits per heavy atom. The maximum absolute atomic E-state index is 13.1. The highest BCUT2D eigenvalue weighted by atomic mass is 19.2. The van der Waals surface area contributed by atoms with Crippen LogP contribution in [0, 0.1) is 11.6 Å². The molecule has 0 aromatic heterocycles. The van der Waals surface area contributed by atoms with E-state index in [1.54, 1.807) is 25.7 Å². The van der Waals surface area contributed by atoms with Crippen molar-refractivity contribution in [1.29, 1.82) is 0 Å². The molecule has 0 bridgehead atoms. The summed E-state index contributed by atoms with van der Waals surface area (Å²) in [5.41, 5.74) is -0.463. The molecule has 0 aliphatic carbocycles. The Hall–Kier alpha value is -2.75. The van der Waals surface area contributed by atoms with Crippen LogP contribution in [0.5, 0.6) is 0 Å². The Kier molecular flexibility index (Phi) is 7.49. The number of anilines is 1. The molecule has 3 amide bonds. The lowest BCUT2D eigenvalue weighted by Crippen LogP contribution is -2.52. The minimum atomic E-state index is -1.07. The van der Waals surface area contributed by atoms with Crippen LogP contribution in [0.1, 0.15) is 20.8 Å². The van der Waals surface area contributed by atoms with Crippen molar-refractivity contribution in [3.8, 4) is 0 Å². The van der Waals surface area contributed by atoms with E-state index in [1.165, 1.54) is 6.07 Å². The van der Waals surface area contributed by atoms with E-state index >= 15 is 0 Å². The van der Waals surface area contributed by atoms with Crippen LogP contribution in [0.2, 0.25) is 0 Å². The quantitative estimate of drug-likeness (QED) is 0.766. The van der Waals surface area contributed by atoms with Gasteiger partial charge in [0.2, 0.25) is 11.8 Å². The van der Waals surface area contributed by atoms with Crippen molar-refractivity contribution >= 4 is 23.6 Å². The number of nitrogens with one attached hydrogen (secondary N) is 2. The monoisotopic (exact) mass is 412 g/mol. The molecule has 0 spiro atoms. The first kappa shape index (κ1) is 22.5. The second-order valence-electron chi connectivity index (χ2n) is 7.70. The van der Waals surface area contributed by atoms with Gasteiger partial charge in [0.15, 0.2) is 11.6 Å². The van der Waals surface area contributed by atoms with E-state index in [9.17, 15) is 23.2 Å². The van der Waals surface area contributed by atoms with Crippen molar-refractivity contribution in [2.75, 3.05) is 44.6 Å². The topological polar surface area (TPSA) is 91.0 Å².